The van der Waals surface area contributed by atoms with Gasteiger partial charge in [0.25, 0.3) is 0 Å². The number of halogens is 1. The van der Waals surface area contributed by atoms with Crippen molar-refractivity contribution in [3.63, 3.8) is 0 Å². The summed E-state index contributed by atoms with van der Waals surface area (Å²) in [5.41, 5.74) is 1.83. The predicted molar refractivity (Wildman–Crippen MR) is 70.8 cm³/mol. The van der Waals surface area contributed by atoms with Crippen LogP contribution in [0.25, 0.3) is 0 Å². The predicted octanol–water partition coefficient (Wildman–Crippen LogP) is 4.41. The van der Waals surface area contributed by atoms with Crippen LogP contribution in [0.3, 0.4) is 0 Å². The van der Waals surface area contributed by atoms with Crippen molar-refractivity contribution in [1.82, 2.24) is 0 Å². The Bertz CT molecular complexity index is 410. The fourth-order valence-electron chi connectivity index (χ4n) is 1.55. The summed E-state index contributed by atoms with van der Waals surface area (Å²) in [6.07, 6.45) is 0.265. The second kappa shape index (κ2) is 6.55. The van der Waals surface area contributed by atoms with E-state index in [0.29, 0.717) is 18.2 Å². The molecule has 1 aromatic rings. The topological polar surface area (TPSA) is 35.5 Å². The molecule has 0 unspecified atom stereocenters. The third-order valence-corrected chi connectivity index (χ3v) is 4.84. The third-order valence-electron chi connectivity index (χ3n) is 2.40. The highest BCUT2D eigenvalue weighted by molar-refractivity contribution is 7.53. The minimum Gasteiger partial charge on any atom is -0.309 e. The largest absolute Gasteiger partial charge is 0.335 e. The summed E-state index contributed by atoms with van der Waals surface area (Å²) in [6.45, 7) is 6.25. The monoisotopic (exact) mass is 276 g/mol. The standard InChI is InChI=1S/C12H18ClO3P/c1-4-15-17(14,16-5-2)9-11-7-6-8-12(13)10(11)3/h6-8H,4-5,9H2,1-3H3. The van der Waals surface area contributed by atoms with Gasteiger partial charge in [-0.2, -0.15) is 0 Å². The molecule has 0 heterocycles. The van der Waals surface area contributed by atoms with Gasteiger partial charge in [0.2, 0.25) is 0 Å². The van der Waals surface area contributed by atoms with Crippen LogP contribution in [-0.2, 0) is 19.8 Å². The van der Waals surface area contributed by atoms with Gasteiger partial charge in [-0.05, 0) is 38.0 Å². The average Bonchev–Trinajstić information content (AvgIpc) is 2.25. The molecule has 0 bridgehead atoms. The molecule has 5 heteroatoms. The Labute approximate surface area is 108 Å². The van der Waals surface area contributed by atoms with E-state index >= 15 is 0 Å². The van der Waals surface area contributed by atoms with E-state index in [4.69, 9.17) is 20.6 Å². The summed E-state index contributed by atoms with van der Waals surface area (Å²) < 4.78 is 22.9. The van der Waals surface area contributed by atoms with Crippen LogP contribution in [0.15, 0.2) is 18.2 Å². The van der Waals surface area contributed by atoms with E-state index in [0.717, 1.165) is 11.1 Å². The lowest BCUT2D eigenvalue weighted by Gasteiger charge is -2.18. The molecular formula is C12H18ClO3P. The molecule has 3 nitrogen and oxygen atoms in total. The molecule has 0 radical (unpaired) electrons. The quantitative estimate of drug-likeness (QED) is 0.722. The molecule has 17 heavy (non-hydrogen) atoms. The van der Waals surface area contributed by atoms with Gasteiger partial charge in [-0.3, -0.25) is 4.57 Å². The average molecular weight is 277 g/mol. The number of hydrogen-bond donors (Lipinski definition) is 0. The zero-order valence-electron chi connectivity index (χ0n) is 10.4. The molecule has 0 spiro atoms. The Morgan fingerprint density at radius 3 is 2.35 bits per heavy atom. The number of hydrogen-bond acceptors (Lipinski definition) is 3. The Kier molecular flexibility index (Phi) is 5.68. The maximum absolute atomic E-state index is 12.4. The second-order valence-corrected chi connectivity index (χ2v) is 6.09. The Balaban J connectivity index is 2.93. The lowest BCUT2D eigenvalue weighted by molar-refractivity contribution is 0.219. The normalized spacial score (nSPS) is 11.8. The lowest BCUT2D eigenvalue weighted by Crippen LogP contribution is -2.00. The highest BCUT2D eigenvalue weighted by atomic mass is 35.5. The van der Waals surface area contributed by atoms with Gasteiger partial charge in [-0.25, -0.2) is 0 Å². The molecule has 1 aromatic carbocycles. The summed E-state index contributed by atoms with van der Waals surface area (Å²) in [5.74, 6) is 0. The second-order valence-electron chi connectivity index (χ2n) is 3.63. The van der Waals surface area contributed by atoms with E-state index in [-0.39, 0.29) is 6.16 Å². The van der Waals surface area contributed by atoms with Gasteiger partial charge in [0.1, 0.15) is 0 Å². The van der Waals surface area contributed by atoms with Crippen LogP contribution in [0.4, 0.5) is 0 Å². The third kappa shape index (κ3) is 4.11. The summed E-state index contributed by atoms with van der Waals surface area (Å²) in [6, 6.07) is 5.55. The van der Waals surface area contributed by atoms with Crippen molar-refractivity contribution in [2.24, 2.45) is 0 Å². The molecule has 0 aliphatic rings. The number of benzene rings is 1. The Hall–Kier alpha value is -0.340. The van der Waals surface area contributed by atoms with Gasteiger partial charge < -0.3 is 9.05 Å². The zero-order chi connectivity index (χ0) is 12.9. The summed E-state index contributed by atoms with van der Waals surface area (Å²) in [5, 5.41) is 0.669. The van der Waals surface area contributed by atoms with Crippen molar-refractivity contribution in [2.75, 3.05) is 13.2 Å². The van der Waals surface area contributed by atoms with Gasteiger partial charge in [-0.15, -0.1) is 0 Å². The van der Waals surface area contributed by atoms with Crippen LogP contribution >= 0.6 is 19.2 Å². The van der Waals surface area contributed by atoms with Crippen molar-refractivity contribution in [2.45, 2.75) is 26.9 Å². The molecule has 0 amide bonds. The zero-order valence-corrected chi connectivity index (χ0v) is 12.1. The molecule has 0 saturated heterocycles. The Morgan fingerprint density at radius 1 is 1.24 bits per heavy atom. The van der Waals surface area contributed by atoms with Crippen LogP contribution in [-0.4, -0.2) is 13.2 Å². The van der Waals surface area contributed by atoms with E-state index in [1.165, 1.54) is 0 Å². The van der Waals surface area contributed by atoms with Crippen LogP contribution in [0.2, 0.25) is 5.02 Å². The van der Waals surface area contributed by atoms with E-state index in [1.807, 2.05) is 25.1 Å². The molecule has 0 atom stereocenters. The minimum absolute atomic E-state index is 0.265. The summed E-state index contributed by atoms with van der Waals surface area (Å²) in [7, 11) is -3.05. The molecular weight excluding hydrogens is 259 g/mol. The van der Waals surface area contributed by atoms with E-state index in [9.17, 15) is 4.57 Å². The van der Waals surface area contributed by atoms with Gasteiger partial charge in [0, 0.05) is 5.02 Å². The Morgan fingerprint density at radius 2 is 1.82 bits per heavy atom. The molecule has 0 aliphatic heterocycles. The molecule has 0 saturated carbocycles. The van der Waals surface area contributed by atoms with Crippen molar-refractivity contribution >= 4 is 19.2 Å². The van der Waals surface area contributed by atoms with Crippen molar-refractivity contribution in [1.29, 1.82) is 0 Å². The first-order valence-electron chi connectivity index (χ1n) is 5.64. The van der Waals surface area contributed by atoms with Gasteiger partial charge in [0.15, 0.2) is 0 Å². The summed E-state index contributed by atoms with van der Waals surface area (Å²) in [4.78, 5) is 0. The minimum atomic E-state index is -3.05. The smallest absolute Gasteiger partial charge is 0.309 e. The van der Waals surface area contributed by atoms with Crippen LogP contribution < -0.4 is 0 Å². The van der Waals surface area contributed by atoms with Gasteiger partial charge in [0.05, 0.1) is 19.4 Å². The molecule has 0 fully saturated rings. The molecule has 96 valence electrons. The van der Waals surface area contributed by atoms with Crippen LogP contribution in [0, 0.1) is 6.92 Å². The van der Waals surface area contributed by atoms with Crippen LogP contribution in [0.1, 0.15) is 25.0 Å². The van der Waals surface area contributed by atoms with E-state index in [2.05, 4.69) is 0 Å². The first-order chi connectivity index (χ1) is 8.02. The van der Waals surface area contributed by atoms with Gasteiger partial charge in [-0.1, -0.05) is 23.7 Å². The lowest BCUT2D eigenvalue weighted by atomic mass is 10.1. The fourth-order valence-corrected chi connectivity index (χ4v) is 3.55. The highest BCUT2D eigenvalue weighted by Crippen LogP contribution is 2.51. The maximum atomic E-state index is 12.4. The number of rotatable bonds is 6. The highest BCUT2D eigenvalue weighted by Gasteiger charge is 2.25. The van der Waals surface area contributed by atoms with Crippen molar-refractivity contribution in [3.8, 4) is 0 Å². The van der Waals surface area contributed by atoms with E-state index < -0.39 is 7.60 Å². The maximum Gasteiger partial charge on any atom is 0.335 e. The first-order valence-corrected chi connectivity index (χ1v) is 7.75. The SMILES string of the molecule is CCOP(=O)(Cc1cccc(Cl)c1C)OCC. The van der Waals surface area contributed by atoms with Crippen molar-refractivity contribution < 1.29 is 13.6 Å². The van der Waals surface area contributed by atoms with Crippen molar-refractivity contribution in [3.05, 3.63) is 34.3 Å². The molecule has 0 aromatic heterocycles. The summed E-state index contributed by atoms with van der Waals surface area (Å²) >= 11 is 6.03. The first kappa shape index (κ1) is 14.7. The fraction of sp³-hybridized carbons (Fsp3) is 0.500. The molecule has 0 N–H and O–H groups in total. The van der Waals surface area contributed by atoms with Crippen LogP contribution in [0.5, 0.6) is 0 Å². The molecule has 0 aliphatic carbocycles. The van der Waals surface area contributed by atoms with E-state index in [1.54, 1.807) is 13.8 Å². The van der Waals surface area contributed by atoms with Gasteiger partial charge >= 0.3 is 7.60 Å². The molecule has 1 rings (SSSR count).